The van der Waals surface area contributed by atoms with Crippen LogP contribution >= 0.6 is 11.3 Å². The van der Waals surface area contributed by atoms with Gasteiger partial charge in [0.15, 0.2) is 0 Å². The predicted molar refractivity (Wildman–Crippen MR) is 106 cm³/mol. The number of hydrogen-bond donors (Lipinski definition) is 2. The van der Waals surface area contributed by atoms with Gasteiger partial charge in [0.05, 0.1) is 31.3 Å². The summed E-state index contributed by atoms with van der Waals surface area (Å²) in [4.78, 5) is 18.3. The van der Waals surface area contributed by atoms with Crippen LogP contribution in [0.4, 0.5) is 5.69 Å². The molecule has 0 saturated carbocycles. The number of aromatic nitrogens is 1. The van der Waals surface area contributed by atoms with Crippen molar-refractivity contribution in [2.45, 2.75) is 6.54 Å². The highest BCUT2D eigenvalue weighted by molar-refractivity contribution is 7.21. The topological polar surface area (TPSA) is 90.4 Å². The van der Waals surface area contributed by atoms with Crippen molar-refractivity contribution in [3.8, 4) is 17.0 Å². The van der Waals surface area contributed by atoms with Crippen molar-refractivity contribution in [2.24, 2.45) is 0 Å². The highest BCUT2D eigenvalue weighted by atomic mass is 32.1. The molecule has 7 heteroatoms. The molecule has 136 valence electrons. The van der Waals surface area contributed by atoms with Gasteiger partial charge in [0.2, 0.25) is 0 Å². The van der Waals surface area contributed by atoms with Crippen molar-refractivity contribution < 1.29 is 13.9 Å². The molecule has 0 atom stereocenters. The van der Waals surface area contributed by atoms with E-state index >= 15 is 0 Å². The molecule has 0 saturated heterocycles. The maximum atomic E-state index is 12.5. The maximum Gasteiger partial charge on any atom is 0.263 e. The fourth-order valence-electron chi connectivity index (χ4n) is 2.75. The summed E-state index contributed by atoms with van der Waals surface area (Å²) in [5, 5.41) is 3.60. The monoisotopic (exact) mass is 379 g/mol. The molecule has 0 unspecified atom stereocenters. The number of nitrogens with one attached hydrogen (secondary N) is 1. The van der Waals surface area contributed by atoms with Crippen LogP contribution < -0.4 is 15.8 Å². The van der Waals surface area contributed by atoms with Crippen molar-refractivity contribution >= 4 is 33.1 Å². The summed E-state index contributed by atoms with van der Waals surface area (Å²) >= 11 is 1.28. The molecule has 1 amide bonds. The van der Waals surface area contributed by atoms with Crippen LogP contribution in [-0.4, -0.2) is 18.0 Å². The highest BCUT2D eigenvalue weighted by Crippen LogP contribution is 2.34. The van der Waals surface area contributed by atoms with E-state index in [0.29, 0.717) is 22.9 Å². The van der Waals surface area contributed by atoms with E-state index in [9.17, 15) is 4.79 Å². The number of carbonyl (C=O) groups is 1. The van der Waals surface area contributed by atoms with Gasteiger partial charge in [0.25, 0.3) is 5.91 Å². The number of thiophene rings is 1. The van der Waals surface area contributed by atoms with Gasteiger partial charge < -0.3 is 20.2 Å². The molecule has 27 heavy (non-hydrogen) atoms. The first kappa shape index (κ1) is 17.1. The average Bonchev–Trinajstić information content (AvgIpc) is 3.34. The van der Waals surface area contributed by atoms with Crippen molar-refractivity contribution in [1.29, 1.82) is 0 Å². The molecular weight excluding hydrogens is 362 g/mol. The Kier molecular flexibility index (Phi) is 4.52. The lowest BCUT2D eigenvalue weighted by Gasteiger charge is -2.03. The molecule has 4 rings (SSSR count). The van der Waals surface area contributed by atoms with Crippen molar-refractivity contribution in [3.05, 3.63) is 65.4 Å². The van der Waals surface area contributed by atoms with Crippen LogP contribution in [0.3, 0.4) is 0 Å². The Hall–Kier alpha value is -3.32. The van der Waals surface area contributed by atoms with Gasteiger partial charge in [-0.05, 0) is 48.5 Å². The largest absolute Gasteiger partial charge is 0.497 e. The summed E-state index contributed by atoms with van der Waals surface area (Å²) in [6, 6.07) is 15.0. The molecule has 0 aliphatic carbocycles. The number of ether oxygens (including phenoxy) is 1. The molecule has 3 heterocycles. The summed E-state index contributed by atoms with van der Waals surface area (Å²) < 4.78 is 10.4. The smallest absolute Gasteiger partial charge is 0.263 e. The third kappa shape index (κ3) is 3.37. The molecule has 4 aromatic rings. The second-order valence-corrected chi connectivity index (χ2v) is 6.88. The standard InChI is InChI=1S/C20H17N3O3S/c1-25-13-6-4-12(5-7-13)16-9-8-15-17(21)18(27-20(15)23-16)19(24)22-11-14-3-2-10-26-14/h2-10H,11,21H2,1H3,(H,22,24). The summed E-state index contributed by atoms with van der Waals surface area (Å²) in [7, 11) is 1.63. The van der Waals surface area contributed by atoms with E-state index in [4.69, 9.17) is 14.9 Å². The fourth-order valence-corrected chi connectivity index (χ4v) is 3.76. The van der Waals surface area contributed by atoms with E-state index in [0.717, 1.165) is 27.2 Å². The van der Waals surface area contributed by atoms with Gasteiger partial charge in [-0.3, -0.25) is 4.79 Å². The van der Waals surface area contributed by atoms with Gasteiger partial charge in [-0.2, -0.15) is 0 Å². The Balaban J connectivity index is 1.61. The van der Waals surface area contributed by atoms with E-state index in [-0.39, 0.29) is 5.91 Å². The van der Waals surface area contributed by atoms with Crippen LogP contribution in [0, 0.1) is 0 Å². The number of fused-ring (bicyclic) bond motifs is 1. The van der Waals surface area contributed by atoms with E-state index in [1.807, 2.05) is 36.4 Å². The lowest BCUT2D eigenvalue weighted by Crippen LogP contribution is -2.22. The molecular formula is C20H17N3O3S. The zero-order valence-corrected chi connectivity index (χ0v) is 15.4. The van der Waals surface area contributed by atoms with Crippen molar-refractivity contribution in [3.63, 3.8) is 0 Å². The average molecular weight is 379 g/mol. The quantitative estimate of drug-likeness (QED) is 0.545. The Morgan fingerprint density at radius 2 is 2.04 bits per heavy atom. The number of pyridine rings is 1. The number of anilines is 1. The number of nitrogens with zero attached hydrogens (tertiary/aromatic N) is 1. The summed E-state index contributed by atoms with van der Waals surface area (Å²) in [6.45, 7) is 0.310. The third-order valence-corrected chi connectivity index (χ3v) is 5.30. The number of rotatable bonds is 5. The first-order valence-corrected chi connectivity index (χ1v) is 9.11. The van der Waals surface area contributed by atoms with Crippen LogP contribution in [0.5, 0.6) is 5.75 Å². The van der Waals surface area contributed by atoms with Crippen LogP contribution in [-0.2, 0) is 6.54 Å². The Morgan fingerprint density at radius 1 is 1.22 bits per heavy atom. The number of nitrogens with two attached hydrogens (primary N) is 1. The minimum absolute atomic E-state index is 0.238. The molecule has 0 radical (unpaired) electrons. The molecule has 3 N–H and O–H groups in total. The third-order valence-electron chi connectivity index (χ3n) is 4.19. The van der Waals surface area contributed by atoms with Crippen molar-refractivity contribution in [1.82, 2.24) is 10.3 Å². The van der Waals surface area contributed by atoms with E-state index < -0.39 is 0 Å². The van der Waals surface area contributed by atoms with Gasteiger partial charge >= 0.3 is 0 Å². The van der Waals surface area contributed by atoms with Crippen molar-refractivity contribution in [2.75, 3.05) is 12.8 Å². The zero-order valence-electron chi connectivity index (χ0n) is 14.6. The molecule has 0 bridgehead atoms. The predicted octanol–water partition coefficient (Wildman–Crippen LogP) is 4.08. The van der Waals surface area contributed by atoms with Gasteiger partial charge in [-0.1, -0.05) is 0 Å². The minimum Gasteiger partial charge on any atom is -0.497 e. The number of hydrogen-bond acceptors (Lipinski definition) is 6. The van der Waals surface area contributed by atoms with Crippen LogP contribution in [0.1, 0.15) is 15.4 Å². The first-order chi connectivity index (χ1) is 13.2. The van der Waals surface area contributed by atoms with E-state index in [1.54, 1.807) is 25.5 Å². The number of benzene rings is 1. The normalized spacial score (nSPS) is 10.9. The van der Waals surface area contributed by atoms with Gasteiger partial charge in [0.1, 0.15) is 21.2 Å². The number of amides is 1. The second kappa shape index (κ2) is 7.13. The number of nitrogen functional groups attached to an aromatic ring is 1. The number of carbonyl (C=O) groups excluding carboxylic acids is 1. The van der Waals surface area contributed by atoms with Gasteiger partial charge in [-0.15, -0.1) is 11.3 Å². The van der Waals surface area contributed by atoms with E-state index in [2.05, 4.69) is 10.3 Å². The van der Waals surface area contributed by atoms with E-state index in [1.165, 1.54) is 11.3 Å². The molecule has 0 spiro atoms. The Labute approximate surface area is 159 Å². The van der Waals surface area contributed by atoms with Crippen LogP contribution in [0.25, 0.3) is 21.5 Å². The number of furan rings is 1. The zero-order chi connectivity index (χ0) is 18.8. The Morgan fingerprint density at radius 3 is 2.74 bits per heavy atom. The molecule has 0 aliphatic rings. The summed E-state index contributed by atoms with van der Waals surface area (Å²) in [5.41, 5.74) is 8.41. The van der Waals surface area contributed by atoms with Gasteiger partial charge in [-0.25, -0.2) is 4.98 Å². The summed E-state index contributed by atoms with van der Waals surface area (Å²) in [5.74, 6) is 1.23. The molecule has 3 aromatic heterocycles. The second-order valence-electron chi connectivity index (χ2n) is 5.88. The van der Waals surface area contributed by atoms with Crippen LogP contribution in [0.2, 0.25) is 0 Å². The van der Waals surface area contributed by atoms with Crippen LogP contribution in [0.15, 0.2) is 59.2 Å². The highest BCUT2D eigenvalue weighted by Gasteiger charge is 2.18. The number of methoxy groups -OCH3 is 1. The molecule has 6 nitrogen and oxygen atoms in total. The molecule has 1 aromatic carbocycles. The Bertz CT molecular complexity index is 1090. The lowest BCUT2D eigenvalue weighted by molar-refractivity contribution is 0.0953. The fraction of sp³-hybridized carbons (Fsp3) is 0.100. The van der Waals surface area contributed by atoms with Gasteiger partial charge in [0, 0.05) is 10.9 Å². The first-order valence-electron chi connectivity index (χ1n) is 8.29. The molecule has 0 fully saturated rings. The maximum absolute atomic E-state index is 12.5. The SMILES string of the molecule is COc1ccc(-c2ccc3c(N)c(C(=O)NCc4ccco4)sc3n2)cc1. The molecule has 0 aliphatic heterocycles. The minimum atomic E-state index is -0.238. The lowest BCUT2D eigenvalue weighted by atomic mass is 10.1. The summed E-state index contributed by atoms with van der Waals surface area (Å²) in [6.07, 6.45) is 1.57.